The van der Waals surface area contributed by atoms with E-state index in [4.69, 9.17) is 0 Å². The molecule has 3 rings (SSSR count). The lowest BCUT2D eigenvalue weighted by molar-refractivity contribution is -0.384. The molecule has 1 heterocycles. The standard InChI is InChI=1S/C16H11NO2S2/c18-17(19)13-8-6-12(7-9-13)15-10-11-16(21-15)20-14-4-2-1-3-5-14/h1-11H. The molecule has 1 aromatic heterocycles. The van der Waals surface area contributed by atoms with Crippen molar-refractivity contribution in [3.8, 4) is 10.4 Å². The van der Waals surface area contributed by atoms with Crippen molar-refractivity contribution in [3.63, 3.8) is 0 Å². The van der Waals surface area contributed by atoms with E-state index < -0.39 is 0 Å². The van der Waals surface area contributed by atoms with Crippen LogP contribution < -0.4 is 0 Å². The molecule has 0 amide bonds. The molecule has 21 heavy (non-hydrogen) atoms. The van der Waals surface area contributed by atoms with Gasteiger partial charge in [0.15, 0.2) is 0 Å². The number of benzene rings is 2. The average molecular weight is 313 g/mol. The van der Waals surface area contributed by atoms with Crippen molar-refractivity contribution >= 4 is 28.8 Å². The fourth-order valence-electron chi connectivity index (χ4n) is 1.88. The maximum atomic E-state index is 10.7. The molecule has 0 N–H and O–H groups in total. The van der Waals surface area contributed by atoms with E-state index in [9.17, 15) is 10.1 Å². The summed E-state index contributed by atoms with van der Waals surface area (Å²) >= 11 is 3.41. The molecule has 0 aliphatic rings. The fraction of sp³-hybridized carbons (Fsp3) is 0. The van der Waals surface area contributed by atoms with Crippen molar-refractivity contribution in [2.45, 2.75) is 9.10 Å². The van der Waals surface area contributed by atoms with Gasteiger partial charge in [-0.15, -0.1) is 11.3 Å². The minimum Gasteiger partial charge on any atom is -0.258 e. The average Bonchev–Trinajstić information content (AvgIpc) is 2.97. The van der Waals surface area contributed by atoms with Gasteiger partial charge in [0.1, 0.15) is 0 Å². The van der Waals surface area contributed by atoms with Crippen LogP contribution in [0.15, 0.2) is 75.8 Å². The molecule has 0 atom stereocenters. The van der Waals surface area contributed by atoms with E-state index in [0.29, 0.717) is 0 Å². The van der Waals surface area contributed by atoms with Crippen molar-refractivity contribution in [2.24, 2.45) is 0 Å². The number of rotatable bonds is 4. The zero-order valence-electron chi connectivity index (χ0n) is 10.9. The lowest BCUT2D eigenvalue weighted by atomic mass is 10.2. The highest BCUT2D eigenvalue weighted by Crippen LogP contribution is 2.37. The molecule has 0 spiro atoms. The molecule has 2 aromatic carbocycles. The van der Waals surface area contributed by atoms with Gasteiger partial charge in [-0.05, 0) is 42.0 Å². The molecular weight excluding hydrogens is 302 g/mol. The molecule has 104 valence electrons. The third-order valence-corrected chi connectivity index (χ3v) is 5.18. The fourth-order valence-corrected chi connectivity index (χ4v) is 4.01. The Morgan fingerprint density at radius 3 is 2.29 bits per heavy atom. The van der Waals surface area contributed by atoms with Crippen LogP contribution in [0, 0.1) is 10.1 Å². The molecule has 0 aliphatic carbocycles. The van der Waals surface area contributed by atoms with Crippen LogP contribution >= 0.6 is 23.1 Å². The Hall–Kier alpha value is -2.11. The third-order valence-electron chi connectivity index (χ3n) is 2.91. The highest BCUT2D eigenvalue weighted by atomic mass is 32.2. The molecule has 0 fully saturated rings. The highest BCUT2D eigenvalue weighted by Gasteiger charge is 2.07. The Kier molecular flexibility index (Phi) is 4.03. The molecule has 0 radical (unpaired) electrons. The lowest BCUT2D eigenvalue weighted by Gasteiger charge is -1.98. The first-order valence-electron chi connectivity index (χ1n) is 6.30. The number of nitro benzene ring substituents is 1. The van der Waals surface area contributed by atoms with E-state index >= 15 is 0 Å². The van der Waals surface area contributed by atoms with E-state index in [0.717, 1.165) is 10.4 Å². The van der Waals surface area contributed by atoms with Gasteiger partial charge in [-0.2, -0.15) is 0 Å². The van der Waals surface area contributed by atoms with Crippen molar-refractivity contribution in [3.05, 3.63) is 76.8 Å². The second-order valence-corrected chi connectivity index (χ2v) is 6.80. The van der Waals surface area contributed by atoms with Crippen LogP contribution in [-0.4, -0.2) is 4.92 Å². The van der Waals surface area contributed by atoms with Crippen molar-refractivity contribution in [2.75, 3.05) is 0 Å². The monoisotopic (exact) mass is 313 g/mol. The van der Waals surface area contributed by atoms with Crippen LogP contribution in [0.5, 0.6) is 0 Å². The summed E-state index contributed by atoms with van der Waals surface area (Å²) in [6.07, 6.45) is 0. The van der Waals surface area contributed by atoms with Gasteiger partial charge in [0.25, 0.3) is 5.69 Å². The number of thiophene rings is 1. The first-order chi connectivity index (χ1) is 10.2. The summed E-state index contributed by atoms with van der Waals surface area (Å²) in [7, 11) is 0. The van der Waals surface area contributed by atoms with Gasteiger partial charge < -0.3 is 0 Å². The normalized spacial score (nSPS) is 10.5. The van der Waals surface area contributed by atoms with Gasteiger partial charge in [0, 0.05) is 21.9 Å². The van der Waals surface area contributed by atoms with Gasteiger partial charge in [0.2, 0.25) is 0 Å². The molecule has 0 unspecified atom stereocenters. The Morgan fingerprint density at radius 2 is 1.62 bits per heavy atom. The van der Waals surface area contributed by atoms with Crippen LogP contribution in [-0.2, 0) is 0 Å². The number of hydrogen-bond donors (Lipinski definition) is 0. The maximum Gasteiger partial charge on any atom is 0.269 e. The minimum atomic E-state index is -0.380. The Balaban J connectivity index is 1.80. The van der Waals surface area contributed by atoms with Crippen molar-refractivity contribution < 1.29 is 4.92 Å². The second-order valence-electron chi connectivity index (χ2n) is 4.34. The molecule has 5 heteroatoms. The van der Waals surface area contributed by atoms with Crippen LogP contribution in [0.1, 0.15) is 0 Å². The van der Waals surface area contributed by atoms with E-state index in [2.05, 4.69) is 24.3 Å². The summed E-state index contributed by atoms with van der Waals surface area (Å²) in [4.78, 5) is 12.6. The summed E-state index contributed by atoms with van der Waals surface area (Å²) in [5.74, 6) is 0. The Bertz CT molecular complexity index is 751. The van der Waals surface area contributed by atoms with Gasteiger partial charge >= 0.3 is 0 Å². The largest absolute Gasteiger partial charge is 0.269 e. The van der Waals surface area contributed by atoms with Crippen molar-refractivity contribution in [1.82, 2.24) is 0 Å². The van der Waals surface area contributed by atoms with Gasteiger partial charge in [-0.3, -0.25) is 10.1 Å². The summed E-state index contributed by atoms with van der Waals surface area (Å²) in [6.45, 7) is 0. The van der Waals surface area contributed by atoms with Crippen LogP contribution in [0.2, 0.25) is 0 Å². The molecule has 0 bridgehead atoms. The van der Waals surface area contributed by atoms with Gasteiger partial charge in [-0.25, -0.2) is 0 Å². The number of non-ortho nitro benzene ring substituents is 1. The van der Waals surface area contributed by atoms with E-state index in [-0.39, 0.29) is 10.6 Å². The molecule has 0 saturated carbocycles. The number of hydrogen-bond acceptors (Lipinski definition) is 4. The minimum absolute atomic E-state index is 0.120. The van der Waals surface area contributed by atoms with Crippen LogP contribution in [0.25, 0.3) is 10.4 Å². The second kappa shape index (κ2) is 6.11. The highest BCUT2D eigenvalue weighted by molar-refractivity contribution is 8.01. The predicted molar refractivity (Wildman–Crippen MR) is 87.0 cm³/mol. The molecular formula is C16H11NO2S2. The lowest BCUT2D eigenvalue weighted by Crippen LogP contribution is -1.86. The molecule has 0 saturated heterocycles. The molecule has 0 aliphatic heterocycles. The topological polar surface area (TPSA) is 43.1 Å². The van der Waals surface area contributed by atoms with Crippen LogP contribution in [0.4, 0.5) is 5.69 Å². The summed E-state index contributed by atoms with van der Waals surface area (Å²) in [5.41, 5.74) is 1.12. The number of nitro groups is 1. The zero-order valence-corrected chi connectivity index (χ0v) is 12.6. The maximum absolute atomic E-state index is 10.7. The van der Waals surface area contributed by atoms with E-state index in [1.54, 1.807) is 47.4 Å². The van der Waals surface area contributed by atoms with Crippen LogP contribution in [0.3, 0.4) is 0 Å². The van der Waals surface area contributed by atoms with Gasteiger partial charge in [0.05, 0.1) is 9.13 Å². The third kappa shape index (κ3) is 3.32. The molecule has 3 nitrogen and oxygen atoms in total. The Labute approximate surface area is 130 Å². The summed E-state index contributed by atoms with van der Waals surface area (Å²) in [5, 5.41) is 10.7. The number of nitrogens with zero attached hydrogens (tertiary/aromatic N) is 1. The van der Waals surface area contributed by atoms with E-state index in [1.807, 2.05) is 18.2 Å². The molecule has 3 aromatic rings. The van der Waals surface area contributed by atoms with Gasteiger partial charge in [-0.1, -0.05) is 30.0 Å². The summed E-state index contributed by atoms with van der Waals surface area (Å²) < 4.78 is 1.20. The smallest absolute Gasteiger partial charge is 0.258 e. The zero-order chi connectivity index (χ0) is 14.7. The quantitative estimate of drug-likeness (QED) is 0.473. The summed E-state index contributed by atoms with van der Waals surface area (Å²) in [6, 6.07) is 21.0. The SMILES string of the molecule is O=[N+]([O-])c1ccc(-c2ccc(Sc3ccccc3)s2)cc1. The first kappa shape index (κ1) is 13.9. The van der Waals surface area contributed by atoms with E-state index in [1.165, 1.54) is 9.10 Å². The van der Waals surface area contributed by atoms with Crippen molar-refractivity contribution in [1.29, 1.82) is 0 Å². The first-order valence-corrected chi connectivity index (χ1v) is 7.93. The Morgan fingerprint density at radius 1 is 0.905 bits per heavy atom. The predicted octanol–water partition coefficient (Wildman–Crippen LogP) is 5.47.